The second-order valence-electron chi connectivity index (χ2n) is 3.89. The van der Waals surface area contributed by atoms with Crippen LogP contribution < -0.4 is 16.4 Å². The van der Waals surface area contributed by atoms with Gasteiger partial charge in [0.25, 0.3) is 5.91 Å². The summed E-state index contributed by atoms with van der Waals surface area (Å²) in [6.45, 7) is 0. The van der Waals surface area contributed by atoms with Crippen molar-refractivity contribution in [3.8, 4) is 0 Å². The smallest absolute Gasteiger partial charge is 0.257 e. The van der Waals surface area contributed by atoms with E-state index in [4.69, 9.17) is 5.73 Å². The van der Waals surface area contributed by atoms with E-state index in [1.54, 1.807) is 18.2 Å². The molecule has 1 aliphatic rings. The minimum atomic E-state index is -0.148. The SMILES string of the molecule is Cl.Cl.Nc1cccc2c1Nc1ccccc1NC2=O. The van der Waals surface area contributed by atoms with Gasteiger partial charge in [0.05, 0.1) is 28.3 Å². The Bertz CT molecular complexity index is 617. The predicted octanol–water partition coefficient (Wildman–Crippen LogP) is 3.42. The third-order valence-electron chi connectivity index (χ3n) is 2.78. The molecule has 2 aromatic rings. The fourth-order valence-corrected chi connectivity index (χ4v) is 1.92. The average Bonchev–Trinajstić information content (AvgIpc) is 2.47. The number of para-hydroxylation sites is 3. The molecule has 0 unspecified atom stereocenters. The van der Waals surface area contributed by atoms with E-state index in [0.717, 1.165) is 11.4 Å². The van der Waals surface area contributed by atoms with Crippen molar-refractivity contribution in [2.75, 3.05) is 16.4 Å². The van der Waals surface area contributed by atoms with E-state index in [1.807, 2.05) is 24.3 Å². The second kappa shape index (κ2) is 5.82. The molecule has 2 aromatic carbocycles. The van der Waals surface area contributed by atoms with Gasteiger partial charge in [0.2, 0.25) is 0 Å². The monoisotopic (exact) mass is 297 g/mol. The lowest BCUT2D eigenvalue weighted by atomic mass is 10.1. The Hall–Kier alpha value is -1.91. The minimum absolute atomic E-state index is 0. The van der Waals surface area contributed by atoms with Gasteiger partial charge in [-0.15, -0.1) is 24.8 Å². The van der Waals surface area contributed by atoms with Crippen molar-refractivity contribution in [3.05, 3.63) is 48.0 Å². The molecule has 0 saturated carbocycles. The Kier molecular flexibility index (Phi) is 4.64. The summed E-state index contributed by atoms with van der Waals surface area (Å²) in [6, 6.07) is 12.8. The van der Waals surface area contributed by atoms with Crippen molar-refractivity contribution in [1.82, 2.24) is 0 Å². The van der Waals surface area contributed by atoms with Crippen molar-refractivity contribution in [1.29, 1.82) is 0 Å². The minimum Gasteiger partial charge on any atom is -0.397 e. The van der Waals surface area contributed by atoms with Gasteiger partial charge in [0, 0.05) is 0 Å². The molecule has 19 heavy (non-hydrogen) atoms. The number of fused-ring (bicyclic) bond motifs is 2. The molecular formula is C13H13Cl2N3O. The Morgan fingerprint density at radius 1 is 0.842 bits per heavy atom. The first-order valence-electron chi connectivity index (χ1n) is 5.31. The van der Waals surface area contributed by atoms with Crippen LogP contribution >= 0.6 is 24.8 Å². The van der Waals surface area contributed by atoms with Gasteiger partial charge in [-0.1, -0.05) is 18.2 Å². The molecule has 3 rings (SSSR count). The summed E-state index contributed by atoms with van der Waals surface area (Å²) in [7, 11) is 0. The molecule has 100 valence electrons. The van der Waals surface area contributed by atoms with Crippen molar-refractivity contribution in [2.24, 2.45) is 0 Å². The lowest BCUT2D eigenvalue weighted by Crippen LogP contribution is -2.11. The van der Waals surface area contributed by atoms with E-state index in [0.29, 0.717) is 16.9 Å². The molecule has 4 nitrogen and oxygen atoms in total. The molecule has 1 amide bonds. The Balaban J connectivity index is 0.000000902. The fraction of sp³-hybridized carbons (Fsp3) is 0. The molecule has 0 bridgehead atoms. The summed E-state index contributed by atoms with van der Waals surface area (Å²) >= 11 is 0. The van der Waals surface area contributed by atoms with Gasteiger partial charge in [-0.3, -0.25) is 4.79 Å². The summed E-state index contributed by atoms with van der Waals surface area (Å²) < 4.78 is 0. The Labute approximate surface area is 123 Å². The Morgan fingerprint density at radius 3 is 2.16 bits per heavy atom. The van der Waals surface area contributed by atoms with Crippen LogP contribution in [0.25, 0.3) is 0 Å². The van der Waals surface area contributed by atoms with Gasteiger partial charge in [0.15, 0.2) is 0 Å². The fourth-order valence-electron chi connectivity index (χ4n) is 1.92. The highest BCUT2D eigenvalue weighted by molar-refractivity contribution is 6.13. The standard InChI is InChI=1S/C13H11N3O.2ClH/c14-9-5-3-4-8-12(9)15-10-6-1-2-7-11(10)16-13(8)17;;/h1-7,15H,14H2,(H,16,17);2*1H. The van der Waals surface area contributed by atoms with Crippen molar-refractivity contribution in [2.45, 2.75) is 0 Å². The maximum atomic E-state index is 12.0. The molecule has 0 aliphatic carbocycles. The van der Waals surface area contributed by atoms with Crippen LogP contribution in [-0.2, 0) is 0 Å². The zero-order valence-electron chi connectivity index (χ0n) is 9.84. The van der Waals surface area contributed by atoms with Gasteiger partial charge >= 0.3 is 0 Å². The number of carbonyl (C=O) groups is 1. The van der Waals surface area contributed by atoms with Crippen LogP contribution in [-0.4, -0.2) is 5.91 Å². The topological polar surface area (TPSA) is 67.2 Å². The van der Waals surface area contributed by atoms with E-state index < -0.39 is 0 Å². The van der Waals surface area contributed by atoms with E-state index in [1.165, 1.54) is 0 Å². The highest BCUT2D eigenvalue weighted by Gasteiger charge is 2.19. The lowest BCUT2D eigenvalue weighted by Gasteiger charge is -2.10. The quantitative estimate of drug-likeness (QED) is 0.653. The lowest BCUT2D eigenvalue weighted by molar-refractivity contribution is 0.102. The first kappa shape index (κ1) is 15.1. The Morgan fingerprint density at radius 2 is 1.47 bits per heavy atom. The third kappa shape index (κ3) is 2.59. The normalized spacial score (nSPS) is 11.5. The molecular weight excluding hydrogens is 285 g/mol. The van der Waals surface area contributed by atoms with Gasteiger partial charge in [-0.25, -0.2) is 0 Å². The number of hydrogen-bond donors (Lipinski definition) is 3. The van der Waals surface area contributed by atoms with Gasteiger partial charge in [-0.2, -0.15) is 0 Å². The number of anilines is 4. The van der Waals surface area contributed by atoms with Crippen LogP contribution in [0.2, 0.25) is 0 Å². The van der Waals surface area contributed by atoms with Gasteiger partial charge in [0.1, 0.15) is 0 Å². The number of carbonyl (C=O) groups excluding carboxylic acids is 1. The van der Waals surface area contributed by atoms with Crippen LogP contribution in [0.15, 0.2) is 42.5 Å². The molecule has 6 heteroatoms. The molecule has 4 N–H and O–H groups in total. The third-order valence-corrected chi connectivity index (χ3v) is 2.78. The predicted molar refractivity (Wildman–Crippen MR) is 83.0 cm³/mol. The molecule has 0 saturated heterocycles. The number of halogens is 2. The number of nitrogen functional groups attached to an aromatic ring is 1. The molecule has 1 heterocycles. The van der Waals surface area contributed by atoms with Crippen molar-refractivity contribution in [3.63, 3.8) is 0 Å². The van der Waals surface area contributed by atoms with Crippen LogP contribution in [0.5, 0.6) is 0 Å². The number of rotatable bonds is 0. The van der Waals surface area contributed by atoms with Gasteiger partial charge < -0.3 is 16.4 Å². The summed E-state index contributed by atoms with van der Waals surface area (Å²) in [4.78, 5) is 12.0. The van der Waals surface area contributed by atoms with Crippen molar-refractivity contribution < 1.29 is 4.79 Å². The molecule has 0 atom stereocenters. The van der Waals surface area contributed by atoms with Crippen LogP contribution in [0.4, 0.5) is 22.7 Å². The summed E-state index contributed by atoms with van der Waals surface area (Å²) in [5.74, 6) is -0.148. The zero-order chi connectivity index (χ0) is 11.8. The molecule has 0 spiro atoms. The number of nitrogens with two attached hydrogens (primary N) is 1. The number of amides is 1. The average molecular weight is 298 g/mol. The summed E-state index contributed by atoms with van der Waals surface area (Å²) in [5.41, 5.74) is 9.27. The molecule has 0 aromatic heterocycles. The maximum Gasteiger partial charge on any atom is 0.257 e. The highest BCUT2D eigenvalue weighted by Crippen LogP contribution is 2.34. The number of benzene rings is 2. The zero-order valence-corrected chi connectivity index (χ0v) is 11.5. The highest BCUT2D eigenvalue weighted by atomic mass is 35.5. The first-order valence-corrected chi connectivity index (χ1v) is 5.31. The molecule has 0 fully saturated rings. The van der Waals surface area contributed by atoms with E-state index in [2.05, 4.69) is 10.6 Å². The van der Waals surface area contributed by atoms with Gasteiger partial charge in [-0.05, 0) is 24.3 Å². The maximum absolute atomic E-state index is 12.0. The molecule has 1 aliphatic heterocycles. The largest absolute Gasteiger partial charge is 0.397 e. The second-order valence-corrected chi connectivity index (χ2v) is 3.89. The van der Waals surface area contributed by atoms with E-state index in [-0.39, 0.29) is 30.7 Å². The van der Waals surface area contributed by atoms with E-state index >= 15 is 0 Å². The first-order chi connectivity index (χ1) is 8.25. The van der Waals surface area contributed by atoms with E-state index in [9.17, 15) is 4.79 Å². The summed E-state index contributed by atoms with van der Waals surface area (Å²) in [6.07, 6.45) is 0. The van der Waals surface area contributed by atoms with Crippen molar-refractivity contribution >= 4 is 53.5 Å². The van der Waals surface area contributed by atoms with Crippen LogP contribution in [0, 0.1) is 0 Å². The summed E-state index contributed by atoms with van der Waals surface area (Å²) in [5, 5.41) is 6.04. The van der Waals surface area contributed by atoms with Crippen LogP contribution in [0.1, 0.15) is 10.4 Å². The number of nitrogens with one attached hydrogen (secondary N) is 2. The number of hydrogen-bond acceptors (Lipinski definition) is 3. The molecule has 0 radical (unpaired) electrons. The van der Waals surface area contributed by atoms with Crippen LogP contribution in [0.3, 0.4) is 0 Å².